The van der Waals surface area contributed by atoms with Gasteiger partial charge in [0.05, 0.1) is 36.8 Å². The molecule has 0 N–H and O–H groups in total. The first-order valence-electron chi connectivity index (χ1n) is 7.02. The maximum atomic E-state index is 6.82. The molecule has 0 bridgehead atoms. The Morgan fingerprint density at radius 2 is 2.05 bits per heavy atom. The monoisotopic (exact) mass is 317 g/mol. The van der Waals surface area contributed by atoms with Crippen molar-refractivity contribution in [1.82, 2.24) is 0 Å². The molecule has 1 nitrogen and oxygen atoms in total. The van der Waals surface area contributed by atoms with Gasteiger partial charge in [-0.2, -0.15) is 0 Å². The average molecular weight is 318 g/mol. The topological polar surface area (TPSA) is 9.23 Å². The largest absolute Gasteiger partial charge is 0.497 e. The molecule has 1 fully saturated rings. The van der Waals surface area contributed by atoms with Gasteiger partial charge in [0.25, 0.3) is 0 Å². The van der Waals surface area contributed by atoms with Crippen molar-refractivity contribution in [2.45, 2.75) is 37.5 Å². The van der Waals surface area contributed by atoms with E-state index in [0.29, 0.717) is 0 Å². The fourth-order valence-electron chi connectivity index (χ4n) is 2.47. The summed E-state index contributed by atoms with van der Waals surface area (Å²) in [6, 6.07) is 8.52. The van der Waals surface area contributed by atoms with E-state index in [1.807, 2.05) is 0 Å². The predicted octanol–water partition coefficient (Wildman–Crippen LogP) is 4.74. The Kier molecular flexibility index (Phi) is 5.53. The van der Waals surface area contributed by atoms with Crippen LogP contribution in [0.3, 0.4) is 0 Å². The maximum absolute atomic E-state index is 6.82. The van der Waals surface area contributed by atoms with E-state index in [9.17, 15) is 0 Å². The Labute approximate surface area is 124 Å². The fraction of sp³-hybridized carbons (Fsp3) is 0.600. The second-order valence-electron chi connectivity index (χ2n) is 5.50. The lowest BCUT2D eigenvalue weighted by molar-refractivity contribution is 0.415. The van der Waals surface area contributed by atoms with Gasteiger partial charge in [0, 0.05) is 5.66 Å². The molecule has 0 heterocycles. The van der Waals surface area contributed by atoms with E-state index >= 15 is 0 Å². The SMILES string of the molecule is CCCC[P+](C)(Cl)C1CC1Pc1ccc(OC)cc1. The minimum atomic E-state index is -1.17. The summed E-state index contributed by atoms with van der Waals surface area (Å²) in [6.07, 6.45) is 5.17. The van der Waals surface area contributed by atoms with Gasteiger partial charge in [0.1, 0.15) is 12.4 Å². The van der Waals surface area contributed by atoms with Crippen LogP contribution in [-0.4, -0.2) is 31.3 Å². The number of unbranched alkanes of at least 4 members (excludes halogenated alkanes) is 1. The second-order valence-corrected chi connectivity index (χ2v) is 12.8. The molecule has 1 saturated carbocycles. The highest BCUT2D eigenvalue weighted by atomic mass is 35.7. The number of rotatable bonds is 7. The Morgan fingerprint density at radius 3 is 2.63 bits per heavy atom. The molecule has 4 heteroatoms. The van der Waals surface area contributed by atoms with Crippen molar-refractivity contribution in [1.29, 1.82) is 0 Å². The van der Waals surface area contributed by atoms with Gasteiger partial charge in [0.15, 0.2) is 0 Å². The number of methoxy groups -OCH3 is 1. The minimum Gasteiger partial charge on any atom is -0.497 e. The van der Waals surface area contributed by atoms with Crippen LogP contribution in [-0.2, 0) is 0 Å². The molecule has 0 amide bonds. The van der Waals surface area contributed by atoms with Crippen molar-refractivity contribution in [3.63, 3.8) is 0 Å². The zero-order chi connectivity index (χ0) is 13.9. The molecule has 106 valence electrons. The van der Waals surface area contributed by atoms with Gasteiger partial charge in [-0.05, 0) is 30.3 Å². The first kappa shape index (κ1) is 15.6. The number of hydrogen-bond donors (Lipinski definition) is 0. The molecular weight excluding hydrogens is 294 g/mol. The maximum Gasteiger partial charge on any atom is 0.118 e. The number of ether oxygens (including phenoxy) is 1. The molecule has 0 aromatic heterocycles. The molecule has 4 unspecified atom stereocenters. The minimum absolute atomic E-state index is 0.821. The summed E-state index contributed by atoms with van der Waals surface area (Å²) in [7, 11) is 2.63. The summed E-state index contributed by atoms with van der Waals surface area (Å²) in [5.41, 5.74) is 1.67. The highest BCUT2D eigenvalue weighted by Gasteiger charge is 2.55. The summed E-state index contributed by atoms with van der Waals surface area (Å²) in [5.74, 6) is 0.943. The molecule has 0 aliphatic heterocycles. The summed E-state index contributed by atoms with van der Waals surface area (Å²) in [6.45, 7) is 3.42. The summed E-state index contributed by atoms with van der Waals surface area (Å²) in [5, 5.41) is 1.44. The second kappa shape index (κ2) is 6.75. The third-order valence-electron chi connectivity index (χ3n) is 3.84. The number of halogens is 1. The number of benzene rings is 1. The summed E-state index contributed by atoms with van der Waals surface area (Å²) < 4.78 is 5.20. The predicted molar refractivity (Wildman–Crippen MR) is 91.6 cm³/mol. The third kappa shape index (κ3) is 4.32. The Hall–Kier alpha value is 0.170. The molecule has 1 aliphatic carbocycles. The lowest BCUT2D eigenvalue weighted by Crippen LogP contribution is -2.02. The van der Waals surface area contributed by atoms with Crippen molar-refractivity contribution >= 4 is 31.7 Å². The van der Waals surface area contributed by atoms with Crippen molar-refractivity contribution in [2.24, 2.45) is 0 Å². The van der Waals surface area contributed by atoms with Gasteiger partial charge in [-0.1, -0.05) is 34.1 Å². The number of hydrogen-bond acceptors (Lipinski definition) is 1. The smallest absolute Gasteiger partial charge is 0.118 e. The molecule has 0 spiro atoms. The lowest BCUT2D eigenvalue weighted by atomic mass is 10.3. The van der Waals surface area contributed by atoms with Crippen LogP contribution in [0.4, 0.5) is 0 Å². The van der Waals surface area contributed by atoms with E-state index in [-0.39, 0.29) is 0 Å². The molecule has 2 rings (SSSR count). The van der Waals surface area contributed by atoms with Gasteiger partial charge in [0.2, 0.25) is 0 Å². The van der Waals surface area contributed by atoms with Gasteiger partial charge in [-0.25, -0.2) is 0 Å². The van der Waals surface area contributed by atoms with Gasteiger partial charge in [-0.15, -0.1) is 0 Å². The van der Waals surface area contributed by atoms with E-state index < -0.39 is 6.62 Å². The molecule has 0 radical (unpaired) electrons. The highest BCUT2D eigenvalue weighted by Crippen LogP contribution is 2.74. The van der Waals surface area contributed by atoms with Crippen LogP contribution in [0.5, 0.6) is 5.75 Å². The zero-order valence-corrected chi connectivity index (χ0v) is 14.7. The quantitative estimate of drug-likeness (QED) is 0.660. The molecular formula is C15H24ClOP2+. The van der Waals surface area contributed by atoms with Crippen LogP contribution in [0, 0.1) is 0 Å². The molecule has 1 aromatic rings. The van der Waals surface area contributed by atoms with E-state index in [4.69, 9.17) is 16.0 Å². The fourth-order valence-corrected chi connectivity index (χ4v) is 9.20. The van der Waals surface area contributed by atoms with Crippen molar-refractivity contribution < 1.29 is 4.74 Å². The van der Waals surface area contributed by atoms with Gasteiger partial charge < -0.3 is 4.74 Å². The Balaban J connectivity index is 1.85. The standard InChI is InChI=1S/C15H24ClOP2/c1-4-5-10-19(3,16)15-11-14(15)18-13-8-6-12(17-2)7-9-13/h6-9,14-15,18H,4-5,10-11H2,1-3H3/q+1. The molecule has 1 aliphatic rings. The van der Waals surface area contributed by atoms with Crippen LogP contribution in [0.15, 0.2) is 24.3 Å². The van der Waals surface area contributed by atoms with E-state index in [2.05, 4.69) is 37.9 Å². The van der Waals surface area contributed by atoms with Gasteiger partial charge >= 0.3 is 0 Å². The first-order chi connectivity index (χ1) is 9.06. The van der Waals surface area contributed by atoms with Crippen LogP contribution in [0.2, 0.25) is 0 Å². The summed E-state index contributed by atoms with van der Waals surface area (Å²) in [4.78, 5) is 0. The molecule has 1 aromatic carbocycles. The van der Waals surface area contributed by atoms with E-state index in [0.717, 1.165) is 25.6 Å². The van der Waals surface area contributed by atoms with Crippen LogP contribution in [0.1, 0.15) is 26.2 Å². The Bertz CT molecular complexity index is 405. The van der Waals surface area contributed by atoms with Crippen LogP contribution in [0.25, 0.3) is 0 Å². The molecule has 4 atom stereocenters. The van der Waals surface area contributed by atoms with E-state index in [1.54, 1.807) is 7.11 Å². The normalized spacial score (nSPS) is 25.5. The molecule has 0 saturated heterocycles. The van der Waals surface area contributed by atoms with Crippen LogP contribution >= 0.6 is 26.4 Å². The first-order valence-corrected chi connectivity index (χ1v) is 11.5. The van der Waals surface area contributed by atoms with Crippen molar-refractivity contribution in [3.8, 4) is 5.75 Å². The summed E-state index contributed by atoms with van der Waals surface area (Å²) >= 11 is 6.82. The van der Waals surface area contributed by atoms with E-state index in [1.165, 1.54) is 30.7 Å². The van der Waals surface area contributed by atoms with Crippen molar-refractivity contribution in [3.05, 3.63) is 24.3 Å². The highest BCUT2D eigenvalue weighted by molar-refractivity contribution is 7.99. The van der Waals surface area contributed by atoms with Crippen molar-refractivity contribution in [2.75, 3.05) is 19.9 Å². The molecule has 19 heavy (non-hydrogen) atoms. The Morgan fingerprint density at radius 1 is 1.37 bits per heavy atom. The van der Waals surface area contributed by atoms with Crippen LogP contribution < -0.4 is 10.0 Å². The zero-order valence-electron chi connectivity index (χ0n) is 12.0. The third-order valence-corrected chi connectivity index (χ3v) is 10.2. The van der Waals surface area contributed by atoms with Gasteiger partial charge in [-0.3, -0.25) is 0 Å². The average Bonchev–Trinajstić information content (AvgIpc) is 3.17. The lowest BCUT2D eigenvalue weighted by Gasteiger charge is -2.13.